The van der Waals surface area contributed by atoms with E-state index in [1.807, 2.05) is 6.92 Å². The first kappa shape index (κ1) is 15.2. The smallest absolute Gasteiger partial charge is 0.242 e. The number of anilines is 1. The Bertz CT molecular complexity index is 510. The Morgan fingerprint density at radius 2 is 2.30 bits per heavy atom. The first-order valence-corrected chi connectivity index (χ1v) is 8.37. The zero-order valence-corrected chi connectivity index (χ0v) is 12.4. The predicted octanol–water partition coefficient (Wildman–Crippen LogP) is 1.22. The Morgan fingerprint density at radius 3 is 2.90 bits per heavy atom. The lowest BCUT2D eigenvalue weighted by Gasteiger charge is -2.22. The van der Waals surface area contributed by atoms with Crippen LogP contribution in [0, 0.1) is 5.92 Å². The summed E-state index contributed by atoms with van der Waals surface area (Å²) in [6.07, 6.45) is 3.36. The highest BCUT2D eigenvalue weighted by atomic mass is 32.2. The van der Waals surface area contributed by atoms with Crippen molar-refractivity contribution < 1.29 is 13.2 Å². The molecule has 0 aliphatic carbocycles. The van der Waals surface area contributed by atoms with Gasteiger partial charge in [0.1, 0.15) is 10.7 Å². The number of nitrogens with zero attached hydrogens (tertiary/aromatic N) is 1. The maximum Gasteiger partial charge on any atom is 0.242 e. The number of nitrogens with one attached hydrogen (secondary N) is 2. The van der Waals surface area contributed by atoms with Crippen LogP contribution in [0.25, 0.3) is 0 Å². The minimum Gasteiger partial charge on any atom is -0.381 e. The van der Waals surface area contributed by atoms with Crippen molar-refractivity contribution in [2.45, 2.75) is 24.7 Å². The lowest BCUT2D eigenvalue weighted by molar-refractivity contribution is 0.0568. The molecule has 1 aliphatic rings. The van der Waals surface area contributed by atoms with Crippen molar-refractivity contribution in [2.24, 2.45) is 5.92 Å². The summed E-state index contributed by atoms with van der Waals surface area (Å²) in [5.41, 5.74) is 0. The number of hydrogen-bond acceptors (Lipinski definition) is 5. The summed E-state index contributed by atoms with van der Waals surface area (Å²) < 4.78 is 32.2. The van der Waals surface area contributed by atoms with Crippen LogP contribution < -0.4 is 10.0 Å². The molecule has 1 fully saturated rings. The summed E-state index contributed by atoms with van der Waals surface area (Å²) in [5, 5.41) is 3.03. The average Bonchev–Trinajstić information content (AvgIpc) is 2.47. The van der Waals surface area contributed by atoms with Crippen LogP contribution in [0.1, 0.15) is 19.8 Å². The van der Waals surface area contributed by atoms with E-state index in [1.54, 1.807) is 12.1 Å². The molecule has 0 spiro atoms. The third-order valence-electron chi connectivity index (χ3n) is 3.22. The molecule has 0 radical (unpaired) electrons. The third kappa shape index (κ3) is 4.16. The van der Waals surface area contributed by atoms with Gasteiger partial charge in [-0.3, -0.25) is 0 Å². The van der Waals surface area contributed by atoms with Gasteiger partial charge in [0.05, 0.1) is 6.61 Å². The van der Waals surface area contributed by atoms with E-state index in [2.05, 4.69) is 15.0 Å². The summed E-state index contributed by atoms with van der Waals surface area (Å²) in [5.74, 6) is 0.930. The molecular weight excluding hydrogens is 278 g/mol. The molecule has 112 valence electrons. The van der Waals surface area contributed by atoms with Crippen LogP contribution in [0.4, 0.5) is 5.82 Å². The van der Waals surface area contributed by atoms with Crippen molar-refractivity contribution in [3.05, 3.63) is 18.3 Å². The van der Waals surface area contributed by atoms with Crippen molar-refractivity contribution in [1.29, 1.82) is 0 Å². The molecule has 1 unspecified atom stereocenters. The number of hydrogen-bond donors (Lipinski definition) is 2. The topological polar surface area (TPSA) is 80.3 Å². The Balaban J connectivity index is 1.94. The summed E-state index contributed by atoms with van der Waals surface area (Å²) in [4.78, 5) is 4.27. The van der Waals surface area contributed by atoms with Gasteiger partial charge in [0.2, 0.25) is 10.0 Å². The molecule has 6 nitrogen and oxygen atoms in total. The number of sulfonamides is 1. The van der Waals surface area contributed by atoms with Gasteiger partial charge in [-0.2, -0.15) is 0 Å². The molecule has 0 bridgehead atoms. The van der Waals surface area contributed by atoms with Crippen molar-refractivity contribution in [3.8, 4) is 0 Å². The summed E-state index contributed by atoms with van der Waals surface area (Å²) in [7, 11) is -3.49. The van der Waals surface area contributed by atoms with Crippen LogP contribution in [0.5, 0.6) is 0 Å². The van der Waals surface area contributed by atoms with Crippen LogP contribution in [-0.4, -0.2) is 39.7 Å². The number of pyridine rings is 1. The molecular formula is C13H21N3O3S. The van der Waals surface area contributed by atoms with Gasteiger partial charge in [-0.1, -0.05) is 0 Å². The molecule has 1 saturated heterocycles. The second kappa shape index (κ2) is 7.01. The van der Waals surface area contributed by atoms with Crippen LogP contribution in [0.2, 0.25) is 0 Å². The van der Waals surface area contributed by atoms with Crippen LogP contribution in [0.3, 0.4) is 0 Å². The van der Waals surface area contributed by atoms with Crippen LogP contribution >= 0.6 is 0 Å². The molecule has 2 rings (SSSR count). The van der Waals surface area contributed by atoms with E-state index in [-0.39, 0.29) is 10.8 Å². The van der Waals surface area contributed by atoms with E-state index < -0.39 is 10.0 Å². The maximum absolute atomic E-state index is 12.1. The van der Waals surface area contributed by atoms with Gasteiger partial charge in [-0.25, -0.2) is 18.1 Å². The third-order valence-corrected chi connectivity index (χ3v) is 4.63. The van der Waals surface area contributed by atoms with Gasteiger partial charge in [-0.05, 0) is 37.8 Å². The van der Waals surface area contributed by atoms with Gasteiger partial charge >= 0.3 is 0 Å². The normalized spacial score (nSPS) is 19.8. The number of aromatic nitrogens is 1. The summed E-state index contributed by atoms with van der Waals surface area (Å²) in [6, 6.07) is 3.23. The van der Waals surface area contributed by atoms with Crippen LogP contribution in [0.15, 0.2) is 23.2 Å². The Hall–Kier alpha value is -1.18. The highest BCUT2D eigenvalue weighted by Gasteiger charge is 2.19. The van der Waals surface area contributed by atoms with Crippen LogP contribution in [-0.2, 0) is 14.8 Å². The zero-order chi connectivity index (χ0) is 14.4. The largest absolute Gasteiger partial charge is 0.381 e. The van der Waals surface area contributed by atoms with Gasteiger partial charge in [0.25, 0.3) is 0 Å². The highest BCUT2D eigenvalue weighted by Crippen LogP contribution is 2.15. The molecule has 2 N–H and O–H groups in total. The fourth-order valence-corrected chi connectivity index (χ4v) is 3.16. The molecule has 1 aromatic heterocycles. The Morgan fingerprint density at radius 1 is 1.45 bits per heavy atom. The first-order valence-electron chi connectivity index (χ1n) is 6.89. The number of rotatable bonds is 6. The molecule has 0 saturated carbocycles. The second-order valence-corrected chi connectivity index (χ2v) is 6.61. The Kier molecular flexibility index (Phi) is 5.33. The molecule has 7 heteroatoms. The summed E-state index contributed by atoms with van der Waals surface area (Å²) >= 11 is 0. The average molecular weight is 299 g/mol. The highest BCUT2D eigenvalue weighted by molar-refractivity contribution is 7.89. The quantitative estimate of drug-likeness (QED) is 0.825. The van der Waals surface area contributed by atoms with Crippen molar-refractivity contribution in [1.82, 2.24) is 9.71 Å². The minimum absolute atomic E-state index is 0.191. The maximum atomic E-state index is 12.1. The van der Waals surface area contributed by atoms with Crippen molar-refractivity contribution in [2.75, 3.05) is 31.6 Å². The first-order chi connectivity index (χ1) is 9.62. The Labute approximate surface area is 120 Å². The molecule has 1 aliphatic heterocycles. The van der Waals surface area contributed by atoms with Gasteiger partial charge in [0.15, 0.2) is 0 Å². The summed E-state index contributed by atoms with van der Waals surface area (Å²) in [6.45, 7) is 4.52. The minimum atomic E-state index is -3.49. The SMILES string of the molecule is CCNc1ccc(S(=O)(=O)NCC2CCCOC2)cn1. The standard InChI is InChI=1S/C13H21N3O3S/c1-2-14-13-6-5-12(9-15-13)20(17,18)16-8-11-4-3-7-19-10-11/h5-6,9,11,16H,2-4,7-8,10H2,1H3,(H,14,15). The van der Waals surface area contributed by atoms with E-state index >= 15 is 0 Å². The lowest BCUT2D eigenvalue weighted by atomic mass is 10.0. The predicted molar refractivity (Wildman–Crippen MR) is 77.1 cm³/mol. The molecule has 1 atom stereocenters. The van der Waals surface area contributed by atoms with E-state index in [0.717, 1.165) is 26.0 Å². The van der Waals surface area contributed by atoms with Crippen molar-refractivity contribution >= 4 is 15.8 Å². The van der Waals surface area contributed by atoms with Crippen molar-refractivity contribution in [3.63, 3.8) is 0 Å². The van der Waals surface area contributed by atoms with Gasteiger partial charge in [0, 0.05) is 25.9 Å². The fourth-order valence-electron chi connectivity index (χ4n) is 2.10. The second-order valence-electron chi connectivity index (χ2n) is 4.84. The van der Waals surface area contributed by atoms with Gasteiger partial charge < -0.3 is 10.1 Å². The monoisotopic (exact) mass is 299 g/mol. The molecule has 20 heavy (non-hydrogen) atoms. The molecule has 0 amide bonds. The van der Waals surface area contributed by atoms with E-state index in [9.17, 15) is 8.42 Å². The lowest BCUT2D eigenvalue weighted by Crippen LogP contribution is -2.33. The molecule has 1 aromatic rings. The number of ether oxygens (including phenoxy) is 1. The molecule has 0 aromatic carbocycles. The fraction of sp³-hybridized carbons (Fsp3) is 0.615. The zero-order valence-electron chi connectivity index (χ0n) is 11.6. The molecule has 2 heterocycles. The van der Waals surface area contributed by atoms with E-state index in [0.29, 0.717) is 19.0 Å². The van der Waals surface area contributed by atoms with Gasteiger partial charge in [-0.15, -0.1) is 0 Å². The van der Waals surface area contributed by atoms with E-state index in [1.165, 1.54) is 6.20 Å². The van der Waals surface area contributed by atoms with E-state index in [4.69, 9.17) is 4.74 Å².